The van der Waals surface area contributed by atoms with Gasteiger partial charge in [0.15, 0.2) is 0 Å². The summed E-state index contributed by atoms with van der Waals surface area (Å²) in [4.78, 5) is 18.7. The lowest BCUT2D eigenvalue weighted by atomic mass is 10.0. The van der Waals surface area contributed by atoms with Gasteiger partial charge in [-0.05, 0) is 51.1 Å². The molecule has 0 radical (unpaired) electrons. The van der Waals surface area contributed by atoms with Crippen LogP contribution in [0.15, 0.2) is 30.3 Å². The summed E-state index contributed by atoms with van der Waals surface area (Å²) < 4.78 is 5.47. The van der Waals surface area contributed by atoms with E-state index in [9.17, 15) is 9.90 Å². The van der Waals surface area contributed by atoms with Gasteiger partial charge in [-0.3, -0.25) is 0 Å². The summed E-state index contributed by atoms with van der Waals surface area (Å²) in [5, 5.41) is 10.2. The van der Waals surface area contributed by atoms with Crippen molar-refractivity contribution in [1.82, 2.24) is 4.98 Å². The molecule has 118 valence electrons. The van der Waals surface area contributed by atoms with Crippen molar-refractivity contribution in [3.05, 3.63) is 45.6 Å². The van der Waals surface area contributed by atoms with E-state index in [1.807, 2.05) is 39.0 Å². The number of carboxylic acids is 1. The van der Waals surface area contributed by atoms with Crippen LogP contribution in [-0.4, -0.2) is 22.7 Å². The molecule has 0 amide bonds. The maximum absolute atomic E-state index is 11.7. The summed E-state index contributed by atoms with van der Waals surface area (Å²) in [5.74, 6) is -0.309. The van der Waals surface area contributed by atoms with Crippen LogP contribution in [0.3, 0.4) is 0 Å². The molecule has 0 saturated heterocycles. The minimum absolute atomic E-state index is 0.245. The topological polar surface area (TPSA) is 59.4 Å². The van der Waals surface area contributed by atoms with Crippen molar-refractivity contribution in [3.8, 4) is 17.0 Å². The molecule has 1 N–H and O–H groups in total. The fraction of sp³-hybridized carbons (Fsp3) is 0.222. The molecule has 23 heavy (non-hydrogen) atoms. The van der Waals surface area contributed by atoms with Crippen molar-refractivity contribution in [2.45, 2.75) is 20.8 Å². The number of ether oxygens (including phenoxy) is 1. The number of thiophene rings is 1. The molecule has 1 aromatic carbocycles. The van der Waals surface area contributed by atoms with Crippen LogP contribution in [0.1, 0.15) is 27.0 Å². The molecule has 2 heterocycles. The van der Waals surface area contributed by atoms with E-state index in [2.05, 4.69) is 4.98 Å². The Kier molecular flexibility index (Phi) is 4.05. The van der Waals surface area contributed by atoms with Gasteiger partial charge in [0, 0.05) is 20.7 Å². The van der Waals surface area contributed by atoms with Gasteiger partial charge in [0.1, 0.15) is 5.75 Å². The monoisotopic (exact) mass is 327 g/mol. The zero-order chi connectivity index (χ0) is 16.6. The Labute approximate surface area is 138 Å². The minimum atomic E-state index is -0.961. The Morgan fingerprint density at radius 2 is 2.04 bits per heavy atom. The Morgan fingerprint density at radius 1 is 1.26 bits per heavy atom. The highest BCUT2D eigenvalue weighted by Gasteiger charge is 2.16. The molecule has 4 nitrogen and oxygen atoms in total. The van der Waals surface area contributed by atoms with Crippen LogP contribution in [0.25, 0.3) is 22.2 Å². The number of pyridine rings is 1. The van der Waals surface area contributed by atoms with Crippen molar-refractivity contribution in [3.63, 3.8) is 0 Å². The third-order valence-corrected chi connectivity index (χ3v) is 4.60. The van der Waals surface area contributed by atoms with E-state index in [0.717, 1.165) is 10.4 Å². The van der Waals surface area contributed by atoms with Crippen molar-refractivity contribution < 1.29 is 14.6 Å². The molecule has 0 unspecified atom stereocenters. The summed E-state index contributed by atoms with van der Waals surface area (Å²) in [6, 6.07) is 9.07. The van der Waals surface area contributed by atoms with Gasteiger partial charge < -0.3 is 9.84 Å². The second-order valence-electron chi connectivity index (χ2n) is 5.30. The van der Waals surface area contributed by atoms with Gasteiger partial charge in [0.05, 0.1) is 23.4 Å². The predicted octanol–water partition coefficient (Wildman–Crippen LogP) is 4.68. The number of nitrogens with zero attached hydrogens (tertiary/aromatic N) is 1. The number of carbonyl (C=O) groups is 1. The van der Waals surface area contributed by atoms with Gasteiger partial charge in [0.2, 0.25) is 0 Å². The molecule has 0 aliphatic carbocycles. The van der Waals surface area contributed by atoms with Gasteiger partial charge in [-0.25, -0.2) is 9.78 Å². The Morgan fingerprint density at radius 3 is 2.65 bits per heavy atom. The minimum Gasteiger partial charge on any atom is -0.494 e. The average molecular weight is 327 g/mol. The standard InChI is InChI=1S/C18H17NO3S/c1-4-22-12-5-6-16-14(8-12)15(18(20)21)9-17(19-16)13-7-10(2)23-11(13)3/h5-9H,4H2,1-3H3,(H,20,21). The summed E-state index contributed by atoms with van der Waals surface area (Å²) in [6.45, 7) is 6.49. The van der Waals surface area contributed by atoms with Crippen LogP contribution < -0.4 is 4.74 Å². The number of rotatable bonds is 4. The van der Waals surface area contributed by atoms with E-state index in [-0.39, 0.29) is 5.56 Å². The van der Waals surface area contributed by atoms with E-state index in [0.29, 0.717) is 29.0 Å². The molecule has 3 aromatic rings. The lowest BCUT2D eigenvalue weighted by Crippen LogP contribution is -2.01. The van der Waals surface area contributed by atoms with E-state index >= 15 is 0 Å². The zero-order valence-corrected chi connectivity index (χ0v) is 14.0. The molecule has 0 bridgehead atoms. The predicted molar refractivity (Wildman–Crippen MR) is 92.7 cm³/mol. The van der Waals surface area contributed by atoms with Crippen LogP contribution in [-0.2, 0) is 0 Å². The van der Waals surface area contributed by atoms with Crippen LogP contribution in [0.4, 0.5) is 0 Å². The number of hydrogen-bond acceptors (Lipinski definition) is 4. The summed E-state index contributed by atoms with van der Waals surface area (Å²) in [5.41, 5.74) is 2.59. The first-order chi connectivity index (χ1) is 11.0. The first-order valence-electron chi connectivity index (χ1n) is 7.38. The molecular weight excluding hydrogens is 310 g/mol. The number of carboxylic acid groups (broad SMARTS) is 1. The van der Waals surface area contributed by atoms with Crippen molar-refractivity contribution in [1.29, 1.82) is 0 Å². The highest BCUT2D eigenvalue weighted by molar-refractivity contribution is 7.12. The maximum atomic E-state index is 11.7. The number of benzene rings is 1. The molecule has 0 aliphatic rings. The molecule has 0 saturated carbocycles. The second-order valence-corrected chi connectivity index (χ2v) is 6.76. The number of aromatic carboxylic acids is 1. The summed E-state index contributed by atoms with van der Waals surface area (Å²) in [6.07, 6.45) is 0. The quantitative estimate of drug-likeness (QED) is 0.756. The molecular formula is C18H17NO3S. The highest BCUT2D eigenvalue weighted by Crippen LogP contribution is 2.33. The Hall–Kier alpha value is -2.40. The second kappa shape index (κ2) is 6.01. The van der Waals surface area contributed by atoms with Crippen molar-refractivity contribution in [2.24, 2.45) is 0 Å². The maximum Gasteiger partial charge on any atom is 0.336 e. The number of hydrogen-bond donors (Lipinski definition) is 1. The third-order valence-electron chi connectivity index (χ3n) is 3.64. The van der Waals surface area contributed by atoms with E-state index in [1.165, 1.54) is 4.88 Å². The first-order valence-corrected chi connectivity index (χ1v) is 8.19. The largest absolute Gasteiger partial charge is 0.494 e. The molecule has 2 aromatic heterocycles. The molecule has 3 rings (SSSR count). The SMILES string of the molecule is CCOc1ccc2nc(-c3cc(C)sc3C)cc(C(=O)O)c2c1. The lowest BCUT2D eigenvalue weighted by molar-refractivity contribution is 0.0699. The van der Waals surface area contributed by atoms with Crippen molar-refractivity contribution >= 4 is 28.2 Å². The Balaban J connectivity index is 2.25. The van der Waals surface area contributed by atoms with E-state index in [4.69, 9.17) is 4.74 Å². The molecule has 5 heteroatoms. The summed E-state index contributed by atoms with van der Waals surface area (Å²) >= 11 is 1.69. The fourth-order valence-corrected chi connectivity index (χ4v) is 3.59. The van der Waals surface area contributed by atoms with E-state index < -0.39 is 5.97 Å². The molecule has 0 fully saturated rings. The fourth-order valence-electron chi connectivity index (χ4n) is 2.66. The van der Waals surface area contributed by atoms with E-state index in [1.54, 1.807) is 23.5 Å². The van der Waals surface area contributed by atoms with Gasteiger partial charge in [-0.2, -0.15) is 0 Å². The molecule has 0 spiro atoms. The zero-order valence-electron chi connectivity index (χ0n) is 13.2. The normalized spacial score (nSPS) is 10.9. The van der Waals surface area contributed by atoms with Crippen LogP contribution in [0.5, 0.6) is 5.75 Å². The Bertz CT molecular complexity index is 899. The number of aromatic nitrogens is 1. The van der Waals surface area contributed by atoms with Gasteiger partial charge in [-0.15, -0.1) is 11.3 Å². The van der Waals surface area contributed by atoms with Crippen LogP contribution in [0, 0.1) is 13.8 Å². The van der Waals surface area contributed by atoms with Crippen LogP contribution >= 0.6 is 11.3 Å². The summed E-state index contributed by atoms with van der Waals surface area (Å²) in [7, 11) is 0. The average Bonchev–Trinajstić information content (AvgIpc) is 2.85. The van der Waals surface area contributed by atoms with Crippen LogP contribution in [0.2, 0.25) is 0 Å². The first kappa shape index (κ1) is 15.5. The highest BCUT2D eigenvalue weighted by atomic mass is 32.1. The smallest absolute Gasteiger partial charge is 0.336 e. The molecule has 0 atom stereocenters. The lowest BCUT2D eigenvalue weighted by Gasteiger charge is -2.09. The third kappa shape index (κ3) is 2.92. The van der Waals surface area contributed by atoms with Gasteiger partial charge >= 0.3 is 5.97 Å². The number of fused-ring (bicyclic) bond motifs is 1. The van der Waals surface area contributed by atoms with Crippen molar-refractivity contribution in [2.75, 3.05) is 6.61 Å². The number of aryl methyl sites for hydroxylation is 2. The van der Waals surface area contributed by atoms with Gasteiger partial charge in [-0.1, -0.05) is 0 Å². The molecule has 0 aliphatic heterocycles. The van der Waals surface area contributed by atoms with Gasteiger partial charge in [0.25, 0.3) is 0 Å².